The first-order chi connectivity index (χ1) is 11.3. The molecule has 0 saturated carbocycles. The van der Waals surface area contributed by atoms with Gasteiger partial charge in [0.2, 0.25) is 6.79 Å². The van der Waals surface area contributed by atoms with E-state index >= 15 is 0 Å². The summed E-state index contributed by atoms with van der Waals surface area (Å²) in [6, 6.07) is 12.7. The Morgan fingerprint density at radius 2 is 1.96 bits per heavy atom. The average molecular weight is 371 g/mol. The van der Waals surface area contributed by atoms with E-state index in [4.69, 9.17) is 9.47 Å². The van der Waals surface area contributed by atoms with Crippen LogP contribution in [0.25, 0.3) is 10.9 Å². The number of benzene rings is 2. The van der Waals surface area contributed by atoms with E-state index in [2.05, 4.69) is 56.6 Å². The molecule has 0 saturated heterocycles. The van der Waals surface area contributed by atoms with Gasteiger partial charge >= 0.3 is 0 Å². The number of fused-ring (bicyclic) bond motifs is 4. The number of aromatic nitrogens is 1. The summed E-state index contributed by atoms with van der Waals surface area (Å²) < 4.78 is 12.1. The highest BCUT2D eigenvalue weighted by Crippen LogP contribution is 2.39. The quantitative estimate of drug-likeness (QED) is 0.682. The number of ether oxygens (including phenoxy) is 2. The van der Waals surface area contributed by atoms with Crippen LogP contribution in [0.4, 0.5) is 0 Å². The highest BCUT2D eigenvalue weighted by atomic mass is 79.9. The molecule has 2 aromatic carbocycles. The highest BCUT2D eigenvalue weighted by Gasteiger charge is 2.26. The zero-order chi connectivity index (χ0) is 15.4. The molecule has 0 aliphatic carbocycles. The van der Waals surface area contributed by atoms with Gasteiger partial charge in [-0.3, -0.25) is 0 Å². The maximum absolute atomic E-state index is 5.53. The molecule has 1 aromatic heterocycles. The second-order valence-corrected chi connectivity index (χ2v) is 6.87. The van der Waals surface area contributed by atoms with Crippen LogP contribution in [0.1, 0.15) is 22.9 Å². The molecule has 0 fully saturated rings. The zero-order valence-electron chi connectivity index (χ0n) is 12.4. The molecule has 1 unspecified atom stereocenters. The Labute approximate surface area is 141 Å². The molecule has 2 N–H and O–H groups in total. The van der Waals surface area contributed by atoms with Crippen molar-refractivity contribution in [3.05, 3.63) is 57.7 Å². The van der Waals surface area contributed by atoms with E-state index in [0.29, 0.717) is 6.79 Å². The number of hydrogen-bond donors (Lipinski definition) is 2. The molecular formula is C18H15BrN2O2. The molecule has 116 valence electrons. The Bertz CT molecular complexity index is 919. The molecule has 0 radical (unpaired) electrons. The highest BCUT2D eigenvalue weighted by molar-refractivity contribution is 9.10. The van der Waals surface area contributed by atoms with Crippen molar-refractivity contribution in [1.29, 1.82) is 0 Å². The molecule has 1 atom stereocenters. The molecule has 23 heavy (non-hydrogen) atoms. The van der Waals surface area contributed by atoms with Crippen LogP contribution in [0, 0.1) is 0 Å². The standard InChI is InChI=1S/C18H15BrN2O2/c19-11-2-3-14-13(8-11)12-5-6-20-17(18(12)21-14)10-1-4-15-16(7-10)23-9-22-15/h1-4,7-8,17,20-21H,5-6,9H2. The Morgan fingerprint density at radius 3 is 2.91 bits per heavy atom. The van der Waals surface area contributed by atoms with Gasteiger partial charge < -0.3 is 19.8 Å². The smallest absolute Gasteiger partial charge is 0.231 e. The molecule has 2 aliphatic rings. The first-order valence-electron chi connectivity index (χ1n) is 7.72. The SMILES string of the molecule is Brc1ccc2[nH]c3c(c2c1)CCNC3c1ccc2c(c1)OCO2. The van der Waals surface area contributed by atoms with Gasteiger partial charge in [-0.05, 0) is 47.9 Å². The number of H-pyrrole nitrogens is 1. The Hall–Kier alpha value is -1.98. The van der Waals surface area contributed by atoms with Crippen LogP contribution in [0.15, 0.2) is 40.9 Å². The van der Waals surface area contributed by atoms with Crippen molar-refractivity contribution in [2.24, 2.45) is 0 Å². The Kier molecular flexibility index (Phi) is 2.93. The maximum Gasteiger partial charge on any atom is 0.231 e. The van der Waals surface area contributed by atoms with E-state index in [-0.39, 0.29) is 6.04 Å². The van der Waals surface area contributed by atoms with Gasteiger partial charge in [-0.25, -0.2) is 0 Å². The van der Waals surface area contributed by atoms with Crippen molar-refractivity contribution >= 4 is 26.8 Å². The van der Waals surface area contributed by atoms with Gasteiger partial charge in [-0.15, -0.1) is 0 Å². The second-order valence-electron chi connectivity index (χ2n) is 5.96. The lowest BCUT2D eigenvalue weighted by Crippen LogP contribution is -2.30. The van der Waals surface area contributed by atoms with Gasteiger partial charge in [0.15, 0.2) is 11.5 Å². The predicted octanol–water partition coefficient (Wildman–Crippen LogP) is 3.89. The van der Waals surface area contributed by atoms with Crippen LogP contribution in [-0.2, 0) is 6.42 Å². The number of aromatic amines is 1. The molecule has 3 heterocycles. The fraction of sp³-hybridized carbons (Fsp3) is 0.222. The van der Waals surface area contributed by atoms with E-state index in [9.17, 15) is 0 Å². The minimum atomic E-state index is 0.152. The van der Waals surface area contributed by atoms with Crippen molar-refractivity contribution in [3.63, 3.8) is 0 Å². The molecule has 4 nitrogen and oxygen atoms in total. The lowest BCUT2D eigenvalue weighted by atomic mass is 9.94. The van der Waals surface area contributed by atoms with Crippen molar-refractivity contribution < 1.29 is 9.47 Å². The minimum absolute atomic E-state index is 0.152. The van der Waals surface area contributed by atoms with Crippen molar-refractivity contribution in [2.45, 2.75) is 12.5 Å². The van der Waals surface area contributed by atoms with Crippen molar-refractivity contribution in [3.8, 4) is 11.5 Å². The summed E-state index contributed by atoms with van der Waals surface area (Å²) in [6.45, 7) is 1.27. The van der Waals surface area contributed by atoms with Gasteiger partial charge in [-0.1, -0.05) is 22.0 Å². The Morgan fingerprint density at radius 1 is 1.04 bits per heavy atom. The summed E-state index contributed by atoms with van der Waals surface area (Å²) in [5.74, 6) is 1.65. The largest absolute Gasteiger partial charge is 0.454 e. The molecule has 0 spiro atoms. The summed E-state index contributed by atoms with van der Waals surface area (Å²) in [4.78, 5) is 3.60. The average Bonchev–Trinajstić information content (AvgIpc) is 3.17. The number of hydrogen-bond acceptors (Lipinski definition) is 3. The minimum Gasteiger partial charge on any atom is -0.454 e. The number of rotatable bonds is 1. The van der Waals surface area contributed by atoms with Crippen LogP contribution in [-0.4, -0.2) is 18.3 Å². The molecular weight excluding hydrogens is 356 g/mol. The van der Waals surface area contributed by atoms with E-state index < -0.39 is 0 Å². The lowest BCUT2D eigenvalue weighted by Gasteiger charge is -2.25. The third-order valence-electron chi connectivity index (χ3n) is 4.64. The van der Waals surface area contributed by atoms with E-state index in [1.165, 1.54) is 27.7 Å². The van der Waals surface area contributed by atoms with Crippen LogP contribution in [0.2, 0.25) is 0 Å². The van der Waals surface area contributed by atoms with E-state index in [1.807, 2.05) is 6.07 Å². The molecule has 5 heteroatoms. The lowest BCUT2D eigenvalue weighted by molar-refractivity contribution is 0.174. The van der Waals surface area contributed by atoms with Gasteiger partial charge in [0.25, 0.3) is 0 Å². The van der Waals surface area contributed by atoms with Crippen molar-refractivity contribution in [1.82, 2.24) is 10.3 Å². The molecule has 0 bridgehead atoms. The van der Waals surface area contributed by atoms with E-state index in [0.717, 1.165) is 28.9 Å². The number of nitrogens with one attached hydrogen (secondary N) is 2. The second kappa shape index (κ2) is 5.01. The number of halogens is 1. The summed E-state index contributed by atoms with van der Waals surface area (Å²) in [5.41, 5.74) is 5.04. The fourth-order valence-corrected chi connectivity index (χ4v) is 3.94. The van der Waals surface area contributed by atoms with Gasteiger partial charge in [0.05, 0.1) is 6.04 Å². The summed E-state index contributed by atoms with van der Waals surface area (Å²) in [7, 11) is 0. The van der Waals surface area contributed by atoms with Gasteiger partial charge in [0, 0.05) is 27.6 Å². The van der Waals surface area contributed by atoms with Gasteiger partial charge in [0.1, 0.15) is 0 Å². The molecule has 5 rings (SSSR count). The van der Waals surface area contributed by atoms with Crippen LogP contribution >= 0.6 is 15.9 Å². The topological polar surface area (TPSA) is 46.3 Å². The summed E-state index contributed by atoms with van der Waals surface area (Å²) >= 11 is 3.58. The normalized spacial score (nSPS) is 19.1. The molecule has 0 amide bonds. The third kappa shape index (κ3) is 2.07. The zero-order valence-corrected chi connectivity index (χ0v) is 13.9. The third-order valence-corrected chi connectivity index (χ3v) is 5.14. The fourth-order valence-electron chi connectivity index (χ4n) is 3.58. The van der Waals surface area contributed by atoms with Crippen LogP contribution in [0.5, 0.6) is 11.5 Å². The van der Waals surface area contributed by atoms with E-state index in [1.54, 1.807) is 0 Å². The Balaban J connectivity index is 1.65. The molecule has 3 aromatic rings. The maximum atomic E-state index is 5.53. The van der Waals surface area contributed by atoms with Crippen LogP contribution < -0.4 is 14.8 Å². The van der Waals surface area contributed by atoms with Crippen LogP contribution in [0.3, 0.4) is 0 Å². The van der Waals surface area contributed by atoms with Crippen molar-refractivity contribution in [2.75, 3.05) is 13.3 Å². The monoisotopic (exact) mass is 370 g/mol. The van der Waals surface area contributed by atoms with Gasteiger partial charge in [-0.2, -0.15) is 0 Å². The molecule has 2 aliphatic heterocycles. The first kappa shape index (κ1) is 13.5. The first-order valence-corrected chi connectivity index (χ1v) is 8.52. The predicted molar refractivity (Wildman–Crippen MR) is 92.1 cm³/mol. The summed E-state index contributed by atoms with van der Waals surface area (Å²) in [5, 5.41) is 4.93. The summed E-state index contributed by atoms with van der Waals surface area (Å²) in [6.07, 6.45) is 1.03.